The molecule has 0 aromatic carbocycles. The van der Waals surface area contributed by atoms with Crippen molar-refractivity contribution in [3.8, 4) is 0 Å². The van der Waals surface area contributed by atoms with Crippen LogP contribution in [0.15, 0.2) is 0 Å². The minimum Gasteiger partial charge on any atom is -0.358 e. The van der Waals surface area contributed by atoms with Gasteiger partial charge in [0, 0.05) is 19.6 Å². The smallest absolute Gasteiger partial charge is 0.233 e. The van der Waals surface area contributed by atoms with Gasteiger partial charge in [-0.3, -0.25) is 9.69 Å². The summed E-state index contributed by atoms with van der Waals surface area (Å²) in [6, 6.07) is 0.511. The van der Waals surface area contributed by atoms with E-state index in [0.717, 1.165) is 13.1 Å². The summed E-state index contributed by atoms with van der Waals surface area (Å²) in [7, 11) is 3.70. The molecule has 2 N–H and O–H groups in total. The molecule has 0 spiro atoms. The molecule has 1 saturated heterocycles. The fourth-order valence-electron chi connectivity index (χ4n) is 2.07. The summed E-state index contributed by atoms with van der Waals surface area (Å²) in [6.45, 7) is 4.79. The Hall–Kier alpha value is -0.610. The first kappa shape index (κ1) is 11.5. The zero-order chi connectivity index (χ0) is 10.6. The molecule has 1 aliphatic heterocycles. The molecule has 14 heavy (non-hydrogen) atoms. The minimum absolute atomic E-state index is 0.0919. The number of carbonyl (C=O) groups excluding carboxylic acids is 1. The maximum absolute atomic E-state index is 11.2. The fourth-order valence-corrected chi connectivity index (χ4v) is 2.07. The molecule has 0 aliphatic carbocycles. The van der Waals surface area contributed by atoms with Gasteiger partial charge >= 0.3 is 0 Å². The summed E-state index contributed by atoms with van der Waals surface area (Å²) in [4.78, 5) is 13.3. The van der Waals surface area contributed by atoms with Gasteiger partial charge in [-0.05, 0) is 19.5 Å². The molecule has 1 heterocycles. The Kier molecular flexibility index (Phi) is 4.35. The zero-order valence-corrected chi connectivity index (χ0v) is 9.34. The van der Waals surface area contributed by atoms with Gasteiger partial charge in [0.1, 0.15) is 0 Å². The molecule has 4 nitrogen and oxygen atoms in total. The SMILES string of the molecule is CCC1CNCC1N(C)CC(=O)NC. The highest BCUT2D eigenvalue weighted by atomic mass is 16.1. The van der Waals surface area contributed by atoms with Crippen molar-refractivity contribution in [3.63, 3.8) is 0 Å². The lowest BCUT2D eigenvalue weighted by Crippen LogP contribution is -2.43. The first-order valence-electron chi connectivity index (χ1n) is 5.30. The monoisotopic (exact) mass is 199 g/mol. The van der Waals surface area contributed by atoms with E-state index in [2.05, 4.69) is 22.5 Å². The number of hydrogen-bond donors (Lipinski definition) is 2. The number of carbonyl (C=O) groups is 1. The largest absolute Gasteiger partial charge is 0.358 e. The van der Waals surface area contributed by atoms with Crippen LogP contribution in [0.1, 0.15) is 13.3 Å². The van der Waals surface area contributed by atoms with Crippen LogP contribution in [0.3, 0.4) is 0 Å². The van der Waals surface area contributed by atoms with Crippen molar-refractivity contribution in [2.24, 2.45) is 5.92 Å². The Morgan fingerprint density at radius 1 is 1.57 bits per heavy atom. The zero-order valence-electron chi connectivity index (χ0n) is 9.34. The number of likely N-dealkylation sites (N-methyl/N-ethyl adjacent to an activating group) is 2. The van der Waals surface area contributed by atoms with Crippen LogP contribution in [0.5, 0.6) is 0 Å². The van der Waals surface area contributed by atoms with Gasteiger partial charge in [-0.2, -0.15) is 0 Å². The molecule has 1 rings (SSSR count). The second-order valence-corrected chi connectivity index (χ2v) is 3.98. The van der Waals surface area contributed by atoms with Gasteiger partial charge in [-0.1, -0.05) is 13.3 Å². The average molecular weight is 199 g/mol. The van der Waals surface area contributed by atoms with Crippen molar-refractivity contribution >= 4 is 5.91 Å². The van der Waals surface area contributed by atoms with E-state index >= 15 is 0 Å². The van der Waals surface area contributed by atoms with Crippen molar-refractivity contribution < 1.29 is 4.79 Å². The topological polar surface area (TPSA) is 44.4 Å². The lowest BCUT2D eigenvalue weighted by atomic mass is 10.00. The van der Waals surface area contributed by atoms with E-state index in [0.29, 0.717) is 18.5 Å². The fraction of sp³-hybridized carbons (Fsp3) is 0.900. The van der Waals surface area contributed by atoms with E-state index in [9.17, 15) is 4.79 Å². The predicted molar refractivity (Wildman–Crippen MR) is 57.1 cm³/mol. The van der Waals surface area contributed by atoms with Crippen LogP contribution in [0.4, 0.5) is 0 Å². The first-order chi connectivity index (χ1) is 6.69. The summed E-state index contributed by atoms with van der Waals surface area (Å²) in [5, 5.41) is 6.02. The Morgan fingerprint density at radius 3 is 2.86 bits per heavy atom. The molecule has 0 bridgehead atoms. The lowest BCUT2D eigenvalue weighted by Gasteiger charge is -2.27. The van der Waals surface area contributed by atoms with Gasteiger partial charge in [0.05, 0.1) is 6.54 Å². The van der Waals surface area contributed by atoms with Crippen LogP contribution in [0.25, 0.3) is 0 Å². The maximum Gasteiger partial charge on any atom is 0.233 e. The molecular formula is C10H21N3O. The van der Waals surface area contributed by atoms with E-state index in [4.69, 9.17) is 0 Å². The van der Waals surface area contributed by atoms with Crippen LogP contribution in [-0.2, 0) is 4.79 Å². The summed E-state index contributed by atoms with van der Waals surface area (Å²) in [6.07, 6.45) is 1.18. The minimum atomic E-state index is 0.0919. The van der Waals surface area contributed by atoms with Crippen molar-refractivity contribution in [3.05, 3.63) is 0 Å². The standard InChI is InChI=1S/C10H21N3O/c1-4-8-5-12-6-9(8)13(3)7-10(14)11-2/h8-9,12H,4-7H2,1-3H3,(H,11,14). The van der Waals surface area contributed by atoms with Crippen LogP contribution >= 0.6 is 0 Å². The summed E-state index contributed by atoms with van der Waals surface area (Å²) in [5.41, 5.74) is 0. The number of amides is 1. The van der Waals surface area contributed by atoms with Crippen LogP contribution in [0.2, 0.25) is 0 Å². The Bertz CT molecular complexity index is 196. The van der Waals surface area contributed by atoms with E-state index in [1.165, 1.54) is 6.42 Å². The maximum atomic E-state index is 11.2. The van der Waals surface area contributed by atoms with Crippen molar-refractivity contribution in [2.45, 2.75) is 19.4 Å². The molecule has 4 heteroatoms. The van der Waals surface area contributed by atoms with Crippen molar-refractivity contribution in [1.29, 1.82) is 0 Å². The van der Waals surface area contributed by atoms with E-state index in [-0.39, 0.29) is 5.91 Å². The van der Waals surface area contributed by atoms with E-state index in [1.807, 2.05) is 7.05 Å². The molecule has 1 fully saturated rings. The summed E-state index contributed by atoms with van der Waals surface area (Å²) < 4.78 is 0. The third-order valence-electron chi connectivity index (χ3n) is 3.07. The Balaban J connectivity index is 2.42. The second kappa shape index (κ2) is 5.32. The molecule has 82 valence electrons. The molecule has 1 amide bonds. The van der Waals surface area contributed by atoms with Crippen LogP contribution in [-0.4, -0.2) is 50.6 Å². The van der Waals surface area contributed by atoms with E-state index in [1.54, 1.807) is 7.05 Å². The normalized spacial score (nSPS) is 26.9. The van der Waals surface area contributed by atoms with Gasteiger partial charge in [-0.25, -0.2) is 0 Å². The highest BCUT2D eigenvalue weighted by Gasteiger charge is 2.29. The average Bonchev–Trinajstić information content (AvgIpc) is 2.65. The number of rotatable bonds is 4. The molecule has 0 aromatic rings. The third kappa shape index (κ3) is 2.69. The molecule has 0 radical (unpaired) electrons. The van der Waals surface area contributed by atoms with Gasteiger partial charge in [0.15, 0.2) is 0 Å². The van der Waals surface area contributed by atoms with Crippen LogP contribution < -0.4 is 10.6 Å². The molecule has 2 unspecified atom stereocenters. The molecule has 2 atom stereocenters. The first-order valence-corrected chi connectivity index (χ1v) is 5.30. The van der Waals surface area contributed by atoms with E-state index < -0.39 is 0 Å². The highest BCUT2D eigenvalue weighted by molar-refractivity contribution is 5.77. The molecule has 0 aromatic heterocycles. The second-order valence-electron chi connectivity index (χ2n) is 3.98. The van der Waals surface area contributed by atoms with Crippen molar-refractivity contribution in [2.75, 3.05) is 33.7 Å². The third-order valence-corrected chi connectivity index (χ3v) is 3.07. The lowest BCUT2D eigenvalue weighted by molar-refractivity contribution is -0.122. The van der Waals surface area contributed by atoms with Gasteiger partial charge < -0.3 is 10.6 Å². The number of nitrogens with one attached hydrogen (secondary N) is 2. The molecule has 1 aliphatic rings. The van der Waals surface area contributed by atoms with Gasteiger partial charge in [-0.15, -0.1) is 0 Å². The van der Waals surface area contributed by atoms with Crippen LogP contribution in [0, 0.1) is 5.92 Å². The quantitative estimate of drug-likeness (QED) is 0.651. The molecular weight excluding hydrogens is 178 g/mol. The highest BCUT2D eigenvalue weighted by Crippen LogP contribution is 2.17. The number of nitrogens with zero attached hydrogens (tertiary/aromatic N) is 1. The van der Waals surface area contributed by atoms with Crippen molar-refractivity contribution in [1.82, 2.24) is 15.5 Å². The number of hydrogen-bond acceptors (Lipinski definition) is 3. The predicted octanol–water partition coefficient (Wildman–Crippen LogP) is -0.338. The summed E-state index contributed by atoms with van der Waals surface area (Å²) >= 11 is 0. The summed E-state index contributed by atoms with van der Waals surface area (Å²) in [5.74, 6) is 0.777. The Labute approximate surface area is 86.0 Å². The van der Waals surface area contributed by atoms with Gasteiger partial charge in [0.2, 0.25) is 5.91 Å². The Morgan fingerprint density at radius 2 is 2.29 bits per heavy atom. The van der Waals surface area contributed by atoms with Gasteiger partial charge in [0.25, 0.3) is 0 Å². The molecule has 0 saturated carbocycles.